The summed E-state index contributed by atoms with van der Waals surface area (Å²) in [5.41, 5.74) is 7.45. The molecule has 94 valence electrons. The SMILES string of the molecule is Cc1nc(NC2CCCC(C)C2C)ccc1N. The fourth-order valence-corrected chi connectivity index (χ4v) is 2.63. The van der Waals surface area contributed by atoms with Gasteiger partial charge in [-0.1, -0.05) is 26.7 Å². The first-order chi connectivity index (χ1) is 8.08. The van der Waals surface area contributed by atoms with Crippen LogP contribution in [0, 0.1) is 18.8 Å². The molecule has 0 aromatic carbocycles. The number of nitrogens with two attached hydrogens (primary N) is 1. The van der Waals surface area contributed by atoms with Gasteiger partial charge >= 0.3 is 0 Å². The summed E-state index contributed by atoms with van der Waals surface area (Å²) in [6.45, 7) is 6.64. The van der Waals surface area contributed by atoms with Gasteiger partial charge in [0.05, 0.1) is 11.4 Å². The molecule has 0 spiro atoms. The molecule has 1 aromatic heterocycles. The molecule has 3 atom stereocenters. The number of aromatic nitrogens is 1. The van der Waals surface area contributed by atoms with Crippen LogP contribution in [0.25, 0.3) is 0 Å². The van der Waals surface area contributed by atoms with Crippen LogP contribution in [-0.4, -0.2) is 11.0 Å². The minimum Gasteiger partial charge on any atom is -0.397 e. The van der Waals surface area contributed by atoms with Crippen LogP contribution in [-0.2, 0) is 0 Å². The molecule has 1 aliphatic carbocycles. The highest BCUT2D eigenvalue weighted by molar-refractivity contribution is 5.49. The largest absolute Gasteiger partial charge is 0.397 e. The number of hydrogen-bond donors (Lipinski definition) is 2. The van der Waals surface area contributed by atoms with Crippen LogP contribution in [0.2, 0.25) is 0 Å². The number of hydrogen-bond acceptors (Lipinski definition) is 3. The van der Waals surface area contributed by atoms with Crippen molar-refractivity contribution in [1.82, 2.24) is 4.98 Å². The second-order valence-electron chi connectivity index (χ2n) is 5.39. The van der Waals surface area contributed by atoms with Crippen LogP contribution >= 0.6 is 0 Å². The number of pyridine rings is 1. The lowest BCUT2D eigenvalue weighted by Gasteiger charge is -2.35. The van der Waals surface area contributed by atoms with Crippen molar-refractivity contribution in [2.75, 3.05) is 11.1 Å². The van der Waals surface area contributed by atoms with Crippen LogP contribution in [0.3, 0.4) is 0 Å². The van der Waals surface area contributed by atoms with Gasteiger partial charge in [0, 0.05) is 6.04 Å². The van der Waals surface area contributed by atoms with Crippen LogP contribution in [0.4, 0.5) is 11.5 Å². The summed E-state index contributed by atoms with van der Waals surface area (Å²) in [6, 6.07) is 4.46. The van der Waals surface area contributed by atoms with E-state index in [4.69, 9.17) is 5.73 Å². The van der Waals surface area contributed by atoms with Crippen molar-refractivity contribution in [2.45, 2.75) is 46.1 Å². The average molecular weight is 233 g/mol. The number of rotatable bonds is 2. The van der Waals surface area contributed by atoms with Crippen LogP contribution in [0.5, 0.6) is 0 Å². The molecule has 1 heterocycles. The minimum atomic E-state index is 0.550. The van der Waals surface area contributed by atoms with E-state index in [-0.39, 0.29) is 0 Å². The van der Waals surface area contributed by atoms with Crippen molar-refractivity contribution in [3.63, 3.8) is 0 Å². The number of anilines is 2. The van der Waals surface area contributed by atoms with E-state index in [1.54, 1.807) is 0 Å². The highest BCUT2D eigenvalue weighted by Crippen LogP contribution is 2.31. The summed E-state index contributed by atoms with van der Waals surface area (Å²) in [5.74, 6) is 2.47. The molecule has 0 radical (unpaired) electrons. The molecule has 3 heteroatoms. The first-order valence-corrected chi connectivity index (χ1v) is 6.57. The summed E-state index contributed by atoms with van der Waals surface area (Å²) in [4.78, 5) is 4.49. The third-order valence-electron chi connectivity index (χ3n) is 4.17. The maximum Gasteiger partial charge on any atom is 0.126 e. The molecule has 0 amide bonds. The normalized spacial score (nSPS) is 29.0. The summed E-state index contributed by atoms with van der Waals surface area (Å²) in [6.07, 6.45) is 3.92. The van der Waals surface area contributed by atoms with Crippen molar-refractivity contribution >= 4 is 11.5 Å². The van der Waals surface area contributed by atoms with Gasteiger partial charge in [0.15, 0.2) is 0 Å². The van der Waals surface area contributed by atoms with Crippen LogP contribution in [0.15, 0.2) is 12.1 Å². The summed E-state index contributed by atoms with van der Waals surface area (Å²) >= 11 is 0. The lowest BCUT2D eigenvalue weighted by atomic mass is 9.78. The Labute approximate surface area is 104 Å². The van der Waals surface area contributed by atoms with Crippen molar-refractivity contribution in [3.05, 3.63) is 17.8 Å². The molecule has 1 aromatic rings. The Hall–Kier alpha value is -1.25. The van der Waals surface area contributed by atoms with Gasteiger partial charge in [-0.25, -0.2) is 4.98 Å². The Kier molecular flexibility index (Phi) is 3.55. The molecule has 3 N–H and O–H groups in total. The van der Waals surface area contributed by atoms with Crippen LogP contribution < -0.4 is 11.1 Å². The molecule has 3 unspecified atom stereocenters. The molecule has 0 aliphatic heterocycles. The molecule has 1 fully saturated rings. The van der Waals surface area contributed by atoms with E-state index in [2.05, 4.69) is 24.1 Å². The first kappa shape index (κ1) is 12.2. The summed E-state index contributed by atoms with van der Waals surface area (Å²) in [7, 11) is 0. The van der Waals surface area contributed by atoms with E-state index in [9.17, 15) is 0 Å². The summed E-state index contributed by atoms with van der Waals surface area (Å²) in [5, 5.41) is 3.56. The molecule has 2 rings (SSSR count). The fraction of sp³-hybridized carbons (Fsp3) is 0.643. The van der Waals surface area contributed by atoms with Gasteiger partial charge in [0.1, 0.15) is 5.82 Å². The van der Waals surface area contributed by atoms with E-state index in [1.807, 2.05) is 19.1 Å². The zero-order valence-electron chi connectivity index (χ0n) is 11.0. The number of nitrogen functional groups attached to an aromatic ring is 1. The Morgan fingerprint density at radius 3 is 2.76 bits per heavy atom. The minimum absolute atomic E-state index is 0.550. The fourth-order valence-electron chi connectivity index (χ4n) is 2.63. The third kappa shape index (κ3) is 2.71. The number of nitrogens with zero attached hydrogens (tertiary/aromatic N) is 1. The molecule has 1 saturated carbocycles. The predicted octanol–water partition coefficient (Wildman–Crippen LogP) is 3.21. The molecule has 3 nitrogen and oxygen atoms in total. The van der Waals surface area contributed by atoms with Crippen molar-refractivity contribution in [2.24, 2.45) is 11.8 Å². The molecule has 0 bridgehead atoms. The lowest BCUT2D eigenvalue weighted by Crippen LogP contribution is -2.35. The van der Waals surface area contributed by atoms with E-state index >= 15 is 0 Å². The van der Waals surface area contributed by atoms with Crippen molar-refractivity contribution < 1.29 is 0 Å². The molecular formula is C14H23N3. The average Bonchev–Trinajstić information content (AvgIpc) is 2.30. The van der Waals surface area contributed by atoms with Crippen molar-refractivity contribution in [1.29, 1.82) is 0 Å². The third-order valence-corrected chi connectivity index (χ3v) is 4.17. The number of aryl methyl sites for hydroxylation is 1. The van der Waals surface area contributed by atoms with Gasteiger partial charge in [0.25, 0.3) is 0 Å². The van der Waals surface area contributed by atoms with Gasteiger partial charge in [-0.15, -0.1) is 0 Å². The maximum absolute atomic E-state index is 5.78. The highest BCUT2D eigenvalue weighted by atomic mass is 15.0. The Balaban J connectivity index is 2.07. The Bertz CT molecular complexity index is 389. The van der Waals surface area contributed by atoms with Gasteiger partial charge in [-0.2, -0.15) is 0 Å². The second kappa shape index (κ2) is 4.94. The molecule has 1 aliphatic rings. The summed E-state index contributed by atoms with van der Waals surface area (Å²) < 4.78 is 0. The van der Waals surface area contributed by atoms with Gasteiger partial charge in [0.2, 0.25) is 0 Å². The van der Waals surface area contributed by atoms with E-state index in [0.29, 0.717) is 12.0 Å². The van der Waals surface area contributed by atoms with E-state index in [0.717, 1.165) is 23.1 Å². The number of nitrogens with one attached hydrogen (secondary N) is 1. The molecular weight excluding hydrogens is 210 g/mol. The standard InChI is InChI=1S/C14H23N3/c1-9-5-4-6-13(10(9)2)17-14-8-7-12(15)11(3)16-14/h7-10,13H,4-6,15H2,1-3H3,(H,16,17). The van der Waals surface area contributed by atoms with Gasteiger partial charge < -0.3 is 11.1 Å². The Morgan fingerprint density at radius 2 is 2.06 bits per heavy atom. The predicted molar refractivity (Wildman–Crippen MR) is 73.0 cm³/mol. The van der Waals surface area contributed by atoms with E-state index in [1.165, 1.54) is 19.3 Å². The molecule has 0 saturated heterocycles. The van der Waals surface area contributed by atoms with Crippen LogP contribution in [0.1, 0.15) is 38.8 Å². The van der Waals surface area contributed by atoms with Gasteiger partial charge in [-0.05, 0) is 37.3 Å². The Morgan fingerprint density at radius 1 is 1.29 bits per heavy atom. The monoisotopic (exact) mass is 233 g/mol. The topological polar surface area (TPSA) is 50.9 Å². The van der Waals surface area contributed by atoms with Crippen molar-refractivity contribution in [3.8, 4) is 0 Å². The molecule has 17 heavy (non-hydrogen) atoms. The highest BCUT2D eigenvalue weighted by Gasteiger charge is 2.27. The quantitative estimate of drug-likeness (QED) is 0.824. The van der Waals surface area contributed by atoms with E-state index < -0.39 is 0 Å². The first-order valence-electron chi connectivity index (χ1n) is 6.57. The zero-order valence-corrected chi connectivity index (χ0v) is 11.0. The second-order valence-corrected chi connectivity index (χ2v) is 5.39. The smallest absolute Gasteiger partial charge is 0.126 e. The zero-order chi connectivity index (χ0) is 12.4. The lowest BCUT2D eigenvalue weighted by molar-refractivity contribution is 0.253. The maximum atomic E-state index is 5.78. The van der Waals surface area contributed by atoms with Gasteiger partial charge in [-0.3, -0.25) is 0 Å².